The van der Waals surface area contributed by atoms with Crippen molar-refractivity contribution in [1.82, 2.24) is 4.90 Å². The summed E-state index contributed by atoms with van der Waals surface area (Å²) < 4.78 is 16.0. The lowest BCUT2D eigenvalue weighted by Crippen LogP contribution is -2.32. The van der Waals surface area contributed by atoms with Crippen LogP contribution in [0.3, 0.4) is 0 Å². The van der Waals surface area contributed by atoms with Crippen LogP contribution in [-0.4, -0.2) is 49.3 Å². The quantitative estimate of drug-likeness (QED) is 0.427. The van der Waals surface area contributed by atoms with Gasteiger partial charge in [0.15, 0.2) is 6.61 Å². The lowest BCUT2D eigenvalue weighted by molar-refractivity contribution is -0.139. The third-order valence-electron chi connectivity index (χ3n) is 5.26. The molecule has 0 unspecified atom stereocenters. The van der Waals surface area contributed by atoms with Crippen molar-refractivity contribution in [2.24, 2.45) is 0 Å². The third kappa shape index (κ3) is 7.27. The molecule has 0 radical (unpaired) electrons. The molecule has 7 nitrogen and oxygen atoms in total. The summed E-state index contributed by atoms with van der Waals surface area (Å²) in [6.45, 7) is 0.456. The van der Waals surface area contributed by atoms with Crippen LogP contribution in [0.2, 0.25) is 0 Å². The molecule has 0 aromatic heterocycles. The van der Waals surface area contributed by atoms with E-state index in [9.17, 15) is 9.59 Å². The molecule has 0 bridgehead atoms. The van der Waals surface area contributed by atoms with E-state index in [2.05, 4.69) is 12.1 Å². The average molecular weight is 464 g/mol. The average Bonchev–Trinajstić information content (AvgIpc) is 2.87. The van der Waals surface area contributed by atoms with Crippen LogP contribution in [-0.2, 0) is 17.8 Å². The molecule has 3 rings (SSSR count). The van der Waals surface area contributed by atoms with Crippen LogP contribution >= 0.6 is 0 Å². The summed E-state index contributed by atoms with van der Waals surface area (Å²) in [6.07, 6.45) is 1.62. The molecule has 0 aliphatic carbocycles. The molecule has 0 saturated heterocycles. The molecule has 0 atom stereocenters. The largest absolute Gasteiger partial charge is 0.497 e. The Morgan fingerprint density at radius 2 is 1.50 bits per heavy atom. The van der Waals surface area contributed by atoms with Crippen molar-refractivity contribution < 1.29 is 28.9 Å². The van der Waals surface area contributed by atoms with Crippen LogP contribution in [0, 0.1) is 0 Å². The van der Waals surface area contributed by atoms with Gasteiger partial charge in [0.1, 0.15) is 17.2 Å². The fourth-order valence-corrected chi connectivity index (χ4v) is 3.58. The number of amides is 1. The highest BCUT2D eigenvalue weighted by molar-refractivity contribution is 5.95. The SMILES string of the molecule is COc1cc(OC)cc(C(=O)N(CCCc2ccccc2)Cc2cccc(OCC(=O)O)c2)c1. The number of carboxylic acid groups (broad SMARTS) is 1. The minimum atomic E-state index is -1.05. The second kappa shape index (κ2) is 12.3. The number of aliphatic carboxylic acids is 1. The predicted molar refractivity (Wildman–Crippen MR) is 129 cm³/mol. The number of carbonyl (C=O) groups excluding carboxylic acids is 1. The number of benzene rings is 3. The first-order valence-electron chi connectivity index (χ1n) is 11.0. The Labute approximate surface area is 199 Å². The number of nitrogens with zero attached hydrogens (tertiary/aromatic N) is 1. The summed E-state index contributed by atoms with van der Waals surface area (Å²) >= 11 is 0. The Morgan fingerprint density at radius 1 is 0.824 bits per heavy atom. The van der Waals surface area contributed by atoms with E-state index < -0.39 is 12.6 Å². The minimum Gasteiger partial charge on any atom is -0.497 e. The molecular weight excluding hydrogens is 434 g/mol. The molecule has 3 aromatic carbocycles. The monoisotopic (exact) mass is 463 g/mol. The summed E-state index contributed by atoms with van der Waals surface area (Å²) in [5.74, 6) is 0.323. The van der Waals surface area contributed by atoms with Gasteiger partial charge in [-0.25, -0.2) is 4.79 Å². The molecule has 7 heteroatoms. The van der Waals surface area contributed by atoms with Crippen LogP contribution in [0.5, 0.6) is 17.2 Å². The summed E-state index contributed by atoms with van der Waals surface area (Å²) in [4.78, 5) is 26.1. The smallest absolute Gasteiger partial charge is 0.341 e. The number of carboxylic acids is 1. The Hall–Kier alpha value is -4.00. The van der Waals surface area contributed by atoms with Gasteiger partial charge >= 0.3 is 5.97 Å². The molecular formula is C27H29NO6. The van der Waals surface area contributed by atoms with Crippen LogP contribution in [0.25, 0.3) is 0 Å². The van der Waals surface area contributed by atoms with Crippen LogP contribution in [0.15, 0.2) is 72.8 Å². The van der Waals surface area contributed by atoms with E-state index in [1.807, 2.05) is 24.3 Å². The van der Waals surface area contributed by atoms with Gasteiger partial charge in [-0.3, -0.25) is 4.79 Å². The predicted octanol–water partition coefficient (Wildman–Crippen LogP) is 4.44. The number of hydrogen-bond acceptors (Lipinski definition) is 5. The zero-order chi connectivity index (χ0) is 24.3. The Kier molecular flexibility index (Phi) is 8.91. The normalized spacial score (nSPS) is 10.4. The van der Waals surface area contributed by atoms with Gasteiger partial charge in [-0.1, -0.05) is 42.5 Å². The van der Waals surface area contributed by atoms with Gasteiger partial charge in [0.25, 0.3) is 5.91 Å². The summed E-state index contributed by atoms with van der Waals surface area (Å²) in [5, 5.41) is 8.87. The highest BCUT2D eigenvalue weighted by atomic mass is 16.5. The third-order valence-corrected chi connectivity index (χ3v) is 5.26. The van der Waals surface area contributed by atoms with Crippen molar-refractivity contribution in [3.8, 4) is 17.2 Å². The van der Waals surface area contributed by atoms with Crippen molar-refractivity contribution in [2.75, 3.05) is 27.4 Å². The molecule has 0 spiro atoms. The zero-order valence-corrected chi connectivity index (χ0v) is 19.4. The first-order chi connectivity index (χ1) is 16.5. The molecule has 0 aliphatic heterocycles. The van der Waals surface area contributed by atoms with E-state index in [1.165, 1.54) is 5.56 Å². The molecule has 0 fully saturated rings. The maximum atomic E-state index is 13.5. The Balaban J connectivity index is 1.81. The van der Waals surface area contributed by atoms with Crippen LogP contribution in [0.1, 0.15) is 27.9 Å². The minimum absolute atomic E-state index is 0.151. The van der Waals surface area contributed by atoms with Gasteiger partial charge in [0.05, 0.1) is 14.2 Å². The second-order valence-electron chi connectivity index (χ2n) is 7.75. The van der Waals surface area contributed by atoms with Crippen molar-refractivity contribution in [2.45, 2.75) is 19.4 Å². The van der Waals surface area contributed by atoms with Crippen LogP contribution < -0.4 is 14.2 Å². The zero-order valence-electron chi connectivity index (χ0n) is 19.4. The summed E-state index contributed by atoms with van der Waals surface area (Å²) in [6, 6.07) is 22.4. The number of hydrogen-bond donors (Lipinski definition) is 1. The van der Waals surface area contributed by atoms with Gasteiger partial charge in [0, 0.05) is 24.7 Å². The number of carbonyl (C=O) groups is 2. The topological polar surface area (TPSA) is 85.3 Å². The molecule has 0 saturated carbocycles. The van der Waals surface area contributed by atoms with Gasteiger partial charge in [-0.15, -0.1) is 0 Å². The highest BCUT2D eigenvalue weighted by Gasteiger charge is 2.18. The van der Waals surface area contributed by atoms with Gasteiger partial charge < -0.3 is 24.2 Å². The van der Waals surface area contributed by atoms with Crippen molar-refractivity contribution in [3.63, 3.8) is 0 Å². The first kappa shape index (κ1) is 24.6. The van der Waals surface area contributed by atoms with E-state index >= 15 is 0 Å². The molecule has 1 amide bonds. The van der Waals surface area contributed by atoms with Crippen molar-refractivity contribution in [1.29, 1.82) is 0 Å². The Morgan fingerprint density at radius 3 is 2.15 bits per heavy atom. The van der Waals surface area contributed by atoms with Gasteiger partial charge in [-0.2, -0.15) is 0 Å². The van der Waals surface area contributed by atoms with E-state index in [1.54, 1.807) is 55.5 Å². The maximum Gasteiger partial charge on any atom is 0.341 e. The molecule has 1 N–H and O–H groups in total. The van der Waals surface area contributed by atoms with Crippen molar-refractivity contribution in [3.05, 3.63) is 89.5 Å². The highest BCUT2D eigenvalue weighted by Crippen LogP contribution is 2.24. The summed E-state index contributed by atoms with van der Waals surface area (Å²) in [5.41, 5.74) is 2.52. The lowest BCUT2D eigenvalue weighted by atomic mass is 10.1. The molecule has 3 aromatic rings. The lowest BCUT2D eigenvalue weighted by Gasteiger charge is -2.24. The van der Waals surface area contributed by atoms with E-state index in [4.69, 9.17) is 19.3 Å². The summed E-state index contributed by atoms with van der Waals surface area (Å²) in [7, 11) is 3.09. The number of aryl methyl sites for hydroxylation is 1. The van der Waals surface area contributed by atoms with Gasteiger partial charge in [0.2, 0.25) is 0 Å². The second-order valence-corrected chi connectivity index (χ2v) is 7.75. The fourth-order valence-electron chi connectivity index (χ4n) is 3.58. The van der Waals surface area contributed by atoms with Crippen molar-refractivity contribution >= 4 is 11.9 Å². The molecule has 0 heterocycles. The first-order valence-corrected chi connectivity index (χ1v) is 11.0. The van der Waals surface area contributed by atoms with Gasteiger partial charge in [-0.05, 0) is 48.2 Å². The molecule has 178 valence electrons. The van der Waals surface area contributed by atoms with E-state index in [-0.39, 0.29) is 5.91 Å². The Bertz CT molecular complexity index is 1080. The van der Waals surface area contributed by atoms with Crippen LogP contribution in [0.4, 0.5) is 0 Å². The number of rotatable bonds is 12. The number of methoxy groups -OCH3 is 2. The number of ether oxygens (including phenoxy) is 3. The standard InChI is InChI=1S/C27H29NO6/c1-32-24-15-22(16-25(17-24)33-2)27(31)28(13-7-11-20-8-4-3-5-9-20)18-21-10-6-12-23(14-21)34-19-26(29)30/h3-6,8-10,12,14-17H,7,11,13,18-19H2,1-2H3,(H,29,30). The van der Waals surface area contributed by atoms with E-state index in [0.717, 1.165) is 18.4 Å². The molecule has 34 heavy (non-hydrogen) atoms. The maximum absolute atomic E-state index is 13.5. The fraction of sp³-hybridized carbons (Fsp3) is 0.259. The molecule has 0 aliphatic rings. The van der Waals surface area contributed by atoms with E-state index in [0.29, 0.717) is 35.9 Å².